The average molecular weight is 271 g/mol. The first kappa shape index (κ1) is 14.8. The molecule has 4 nitrogen and oxygen atoms in total. The number of carbonyl (C=O) groups is 1. The van der Waals surface area contributed by atoms with Crippen LogP contribution in [0.25, 0.3) is 0 Å². The maximum absolute atomic E-state index is 12.0. The standard InChI is InChI=1S/C13H19ClN2O2/c1-9(16(2)3)8-15-13(17)11-6-5-10(14)7-12(11)18-4/h5-7,9H,8H2,1-4H3,(H,15,17). The van der Waals surface area contributed by atoms with Crippen molar-refractivity contribution in [2.24, 2.45) is 0 Å². The lowest BCUT2D eigenvalue weighted by atomic mass is 10.2. The zero-order chi connectivity index (χ0) is 13.7. The molecular formula is C13H19ClN2O2. The fraction of sp³-hybridized carbons (Fsp3) is 0.462. The van der Waals surface area contributed by atoms with Gasteiger partial charge in [0.2, 0.25) is 0 Å². The molecule has 1 rings (SSSR count). The van der Waals surface area contributed by atoms with Crippen LogP contribution in [0.4, 0.5) is 0 Å². The molecule has 0 saturated heterocycles. The highest BCUT2D eigenvalue weighted by Crippen LogP contribution is 2.22. The molecule has 0 fully saturated rings. The molecule has 1 unspecified atom stereocenters. The molecule has 0 radical (unpaired) electrons. The number of amides is 1. The smallest absolute Gasteiger partial charge is 0.255 e. The van der Waals surface area contributed by atoms with Crippen LogP contribution in [0, 0.1) is 0 Å². The molecule has 100 valence electrons. The third-order valence-corrected chi connectivity index (χ3v) is 3.08. The van der Waals surface area contributed by atoms with Crippen molar-refractivity contribution in [2.45, 2.75) is 13.0 Å². The van der Waals surface area contributed by atoms with Crippen molar-refractivity contribution in [1.29, 1.82) is 0 Å². The summed E-state index contributed by atoms with van der Waals surface area (Å²) in [6.45, 7) is 2.62. The Morgan fingerprint density at radius 3 is 2.72 bits per heavy atom. The Kier molecular flexibility index (Phi) is 5.44. The van der Waals surface area contributed by atoms with Crippen molar-refractivity contribution in [2.75, 3.05) is 27.7 Å². The average Bonchev–Trinajstić information content (AvgIpc) is 2.34. The second-order valence-corrected chi connectivity index (χ2v) is 4.80. The third-order valence-electron chi connectivity index (χ3n) is 2.85. The Bertz CT molecular complexity index is 421. The number of nitrogens with one attached hydrogen (secondary N) is 1. The van der Waals surface area contributed by atoms with Crippen LogP contribution < -0.4 is 10.1 Å². The van der Waals surface area contributed by atoms with Crippen LogP contribution in [0.15, 0.2) is 18.2 Å². The van der Waals surface area contributed by atoms with E-state index in [1.807, 2.05) is 25.9 Å². The summed E-state index contributed by atoms with van der Waals surface area (Å²) in [5.74, 6) is 0.328. The maximum atomic E-state index is 12.0. The SMILES string of the molecule is COc1cc(Cl)ccc1C(=O)NCC(C)N(C)C. The summed E-state index contributed by atoms with van der Waals surface area (Å²) in [6.07, 6.45) is 0. The number of hydrogen-bond donors (Lipinski definition) is 1. The highest BCUT2D eigenvalue weighted by atomic mass is 35.5. The van der Waals surface area contributed by atoms with Crippen molar-refractivity contribution in [3.8, 4) is 5.75 Å². The molecule has 1 atom stereocenters. The molecule has 0 saturated carbocycles. The number of ether oxygens (including phenoxy) is 1. The Balaban J connectivity index is 2.72. The first-order valence-electron chi connectivity index (χ1n) is 5.74. The zero-order valence-corrected chi connectivity index (χ0v) is 11.9. The van der Waals surface area contributed by atoms with E-state index < -0.39 is 0 Å². The Morgan fingerprint density at radius 1 is 1.50 bits per heavy atom. The largest absolute Gasteiger partial charge is 0.496 e. The molecule has 0 bridgehead atoms. The lowest BCUT2D eigenvalue weighted by Gasteiger charge is -2.20. The number of methoxy groups -OCH3 is 1. The van der Waals surface area contributed by atoms with Gasteiger partial charge in [-0.1, -0.05) is 11.6 Å². The first-order valence-corrected chi connectivity index (χ1v) is 6.11. The maximum Gasteiger partial charge on any atom is 0.255 e. The van der Waals surface area contributed by atoms with Crippen LogP contribution >= 0.6 is 11.6 Å². The Labute approximate surface area is 113 Å². The molecule has 0 aliphatic rings. The highest BCUT2D eigenvalue weighted by Gasteiger charge is 2.13. The number of hydrogen-bond acceptors (Lipinski definition) is 3. The van der Waals surface area contributed by atoms with Crippen LogP contribution in [0.1, 0.15) is 17.3 Å². The van der Waals surface area contributed by atoms with Crippen LogP contribution in [0.5, 0.6) is 5.75 Å². The summed E-state index contributed by atoms with van der Waals surface area (Å²) < 4.78 is 5.15. The summed E-state index contributed by atoms with van der Waals surface area (Å²) in [5, 5.41) is 3.42. The molecule has 1 N–H and O–H groups in total. The van der Waals surface area contributed by atoms with Gasteiger partial charge in [0.05, 0.1) is 12.7 Å². The van der Waals surface area contributed by atoms with E-state index in [9.17, 15) is 4.79 Å². The van der Waals surface area contributed by atoms with Gasteiger partial charge < -0.3 is 15.0 Å². The van der Waals surface area contributed by atoms with Crippen molar-refractivity contribution in [1.82, 2.24) is 10.2 Å². The second kappa shape index (κ2) is 6.61. The molecular weight excluding hydrogens is 252 g/mol. The van der Waals surface area contributed by atoms with Crippen molar-refractivity contribution < 1.29 is 9.53 Å². The van der Waals surface area contributed by atoms with Gasteiger partial charge in [0.25, 0.3) is 5.91 Å². The summed E-state index contributed by atoms with van der Waals surface area (Å²) >= 11 is 5.85. The van der Waals surface area contributed by atoms with Crippen molar-refractivity contribution >= 4 is 17.5 Å². The first-order chi connectivity index (χ1) is 8.45. The van der Waals surface area contributed by atoms with E-state index in [1.54, 1.807) is 18.2 Å². The van der Waals surface area contributed by atoms with E-state index in [-0.39, 0.29) is 11.9 Å². The van der Waals surface area contributed by atoms with E-state index in [4.69, 9.17) is 16.3 Å². The van der Waals surface area contributed by atoms with Crippen LogP contribution in [-0.2, 0) is 0 Å². The minimum atomic E-state index is -0.155. The van der Waals surface area contributed by atoms with Crippen LogP contribution in [-0.4, -0.2) is 44.6 Å². The van der Waals surface area contributed by atoms with Crippen LogP contribution in [0.3, 0.4) is 0 Å². The van der Waals surface area contributed by atoms with Gasteiger partial charge in [-0.25, -0.2) is 0 Å². The molecule has 0 aromatic heterocycles. The molecule has 1 aromatic rings. The van der Waals surface area contributed by atoms with Gasteiger partial charge in [0.1, 0.15) is 5.75 Å². The fourth-order valence-corrected chi connectivity index (χ4v) is 1.53. The van der Waals surface area contributed by atoms with Gasteiger partial charge >= 0.3 is 0 Å². The van der Waals surface area contributed by atoms with Crippen LogP contribution in [0.2, 0.25) is 5.02 Å². The topological polar surface area (TPSA) is 41.6 Å². The van der Waals surface area contributed by atoms with Gasteiger partial charge in [-0.05, 0) is 39.2 Å². The molecule has 0 heterocycles. The van der Waals surface area contributed by atoms with Gasteiger partial charge in [-0.15, -0.1) is 0 Å². The summed E-state index contributed by atoms with van der Waals surface area (Å²) in [4.78, 5) is 14.1. The molecule has 5 heteroatoms. The lowest BCUT2D eigenvalue weighted by Crippen LogP contribution is -2.38. The van der Waals surface area contributed by atoms with Gasteiger partial charge in [-0.2, -0.15) is 0 Å². The van der Waals surface area contributed by atoms with Gasteiger partial charge in [-0.3, -0.25) is 4.79 Å². The third kappa shape index (κ3) is 3.89. The number of nitrogens with zero attached hydrogens (tertiary/aromatic N) is 1. The molecule has 1 aromatic carbocycles. The monoisotopic (exact) mass is 270 g/mol. The summed E-state index contributed by atoms with van der Waals surface area (Å²) in [6, 6.07) is 5.24. The van der Waals surface area contributed by atoms with Gasteiger partial charge in [0.15, 0.2) is 0 Å². The van der Waals surface area contributed by atoms with E-state index in [0.717, 1.165) is 0 Å². The number of carbonyl (C=O) groups excluding carboxylic acids is 1. The predicted molar refractivity (Wildman–Crippen MR) is 73.5 cm³/mol. The molecule has 18 heavy (non-hydrogen) atoms. The lowest BCUT2D eigenvalue weighted by molar-refractivity contribution is 0.0940. The highest BCUT2D eigenvalue weighted by molar-refractivity contribution is 6.30. The molecule has 0 spiro atoms. The normalized spacial score (nSPS) is 12.3. The minimum absolute atomic E-state index is 0.155. The fourth-order valence-electron chi connectivity index (χ4n) is 1.37. The summed E-state index contributed by atoms with van der Waals surface area (Å²) in [7, 11) is 5.46. The van der Waals surface area contributed by atoms with E-state index in [0.29, 0.717) is 22.9 Å². The Hall–Kier alpha value is -1.26. The minimum Gasteiger partial charge on any atom is -0.496 e. The summed E-state index contributed by atoms with van der Waals surface area (Å²) in [5.41, 5.74) is 0.493. The van der Waals surface area contributed by atoms with E-state index in [1.165, 1.54) is 7.11 Å². The van der Waals surface area contributed by atoms with E-state index in [2.05, 4.69) is 5.32 Å². The quantitative estimate of drug-likeness (QED) is 0.890. The Morgan fingerprint density at radius 2 is 2.17 bits per heavy atom. The van der Waals surface area contributed by atoms with E-state index >= 15 is 0 Å². The molecule has 0 aliphatic heterocycles. The number of benzene rings is 1. The number of rotatable bonds is 5. The van der Waals surface area contributed by atoms with Crippen molar-refractivity contribution in [3.05, 3.63) is 28.8 Å². The second-order valence-electron chi connectivity index (χ2n) is 4.37. The molecule has 1 amide bonds. The number of halogens is 1. The predicted octanol–water partition coefficient (Wildman–Crippen LogP) is 2.03. The zero-order valence-electron chi connectivity index (χ0n) is 11.2. The number of likely N-dealkylation sites (N-methyl/N-ethyl adjacent to an activating group) is 1. The van der Waals surface area contributed by atoms with Crippen molar-refractivity contribution in [3.63, 3.8) is 0 Å². The molecule has 0 aliphatic carbocycles. The van der Waals surface area contributed by atoms with Gasteiger partial charge in [0, 0.05) is 17.6 Å².